The van der Waals surface area contributed by atoms with Crippen molar-refractivity contribution in [2.45, 2.75) is 37.5 Å². The van der Waals surface area contributed by atoms with E-state index in [-0.39, 0.29) is 34.0 Å². The number of sulfonamides is 1. The molecule has 0 aliphatic heterocycles. The Balaban J connectivity index is 1.65. The van der Waals surface area contributed by atoms with E-state index in [2.05, 4.69) is 20.0 Å². The minimum absolute atomic E-state index is 0.00887. The number of carbonyl (C=O) groups is 1. The number of nitrogens with zero attached hydrogens (tertiary/aromatic N) is 2. The molecular formula is C23H26N4O5S2. The van der Waals surface area contributed by atoms with Crippen LogP contribution in [0, 0.1) is 12.8 Å². The number of hydrogen-bond acceptors (Lipinski definition) is 8. The monoisotopic (exact) mass is 502 g/mol. The first-order valence-corrected chi connectivity index (χ1v) is 13.1. The number of pyridine rings is 1. The topological polar surface area (TPSA) is 120 Å². The molecule has 0 bridgehead atoms. The zero-order chi connectivity index (χ0) is 24.3. The van der Waals surface area contributed by atoms with E-state index < -0.39 is 10.0 Å². The molecular weight excluding hydrogens is 476 g/mol. The van der Waals surface area contributed by atoms with Crippen molar-refractivity contribution in [3.63, 3.8) is 0 Å². The van der Waals surface area contributed by atoms with Gasteiger partial charge in [-0.25, -0.2) is 18.4 Å². The van der Waals surface area contributed by atoms with E-state index in [1.807, 2.05) is 6.92 Å². The van der Waals surface area contributed by atoms with E-state index >= 15 is 0 Å². The van der Waals surface area contributed by atoms with Gasteiger partial charge >= 0.3 is 0 Å². The number of benzene rings is 1. The first kappa shape index (κ1) is 24.0. The number of hydrogen-bond donors (Lipinski definition) is 2. The predicted molar refractivity (Wildman–Crippen MR) is 131 cm³/mol. The SMILES string of the molecule is COc1ccc(-c2sc(NC(=O)C3CCCC3)nc2C)cc1S(=O)(=O)Nc1cccnc1OC. The number of anilines is 2. The molecule has 4 rings (SSSR count). The van der Waals surface area contributed by atoms with Gasteiger partial charge in [0.15, 0.2) is 5.13 Å². The summed E-state index contributed by atoms with van der Waals surface area (Å²) in [6, 6.07) is 8.07. The van der Waals surface area contributed by atoms with Crippen LogP contribution in [-0.2, 0) is 14.8 Å². The Morgan fingerprint density at radius 2 is 1.91 bits per heavy atom. The van der Waals surface area contributed by atoms with Gasteiger partial charge in [-0.05, 0) is 55.7 Å². The molecule has 0 saturated heterocycles. The number of rotatable bonds is 8. The third kappa shape index (κ3) is 5.00. The number of methoxy groups -OCH3 is 2. The summed E-state index contributed by atoms with van der Waals surface area (Å²) in [5, 5.41) is 3.42. The number of aryl methyl sites for hydroxylation is 1. The normalized spacial score (nSPS) is 14.1. The van der Waals surface area contributed by atoms with E-state index in [1.54, 1.807) is 24.3 Å². The summed E-state index contributed by atoms with van der Waals surface area (Å²) in [6.07, 6.45) is 5.45. The third-order valence-electron chi connectivity index (χ3n) is 5.68. The fraction of sp³-hybridized carbons (Fsp3) is 0.348. The summed E-state index contributed by atoms with van der Waals surface area (Å²) in [5.74, 6) is 0.365. The first-order chi connectivity index (χ1) is 16.3. The minimum atomic E-state index is -4.04. The molecule has 3 aromatic rings. The van der Waals surface area contributed by atoms with Crippen LogP contribution in [0.5, 0.6) is 11.6 Å². The van der Waals surface area contributed by atoms with E-state index in [9.17, 15) is 13.2 Å². The molecule has 1 saturated carbocycles. The van der Waals surface area contributed by atoms with Crippen LogP contribution in [0.25, 0.3) is 10.4 Å². The van der Waals surface area contributed by atoms with Gasteiger partial charge in [-0.3, -0.25) is 9.52 Å². The van der Waals surface area contributed by atoms with Gasteiger partial charge in [0, 0.05) is 12.1 Å². The maximum absolute atomic E-state index is 13.3. The number of amides is 1. The summed E-state index contributed by atoms with van der Waals surface area (Å²) < 4.78 is 39.5. The Hall–Kier alpha value is -3.18. The molecule has 0 spiro atoms. The highest BCUT2D eigenvalue weighted by molar-refractivity contribution is 7.92. The van der Waals surface area contributed by atoms with Crippen molar-refractivity contribution in [2.24, 2.45) is 5.92 Å². The molecule has 0 atom stereocenters. The van der Waals surface area contributed by atoms with Gasteiger partial charge in [-0.1, -0.05) is 24.2 Å². The van der Waals surface area contributed by atoms with Crippen LogP contribution in [0.1, 0.15) is 31.4 Å². The summed E-state index contributed by atoms with van der Waals surface area (Å²) in [4.78, 5) is 21.7. The van der Waals surface area contributed by atoms with Gasteiger partial charge in [0.2, 0.25) is 11.8 Å². The minimum Gasteiger partial charge on any atom is -0.495 e. The van der Waals surface area contributed by atoms with Crippen molar-refractivity contribution in [2.75, 3.05) is 24.3 Å². The molecule has 0 radical (unpaired) electrons. The van der Waals surface area contributed by atoms with Crippen LogP contribution in [0.15, 0.2) is 41.4 Å². The Bertz CT molecular complexity index is 1300. The molecule has 180 valence electrons. The first-order valence-electron chi connectivity index (χ1n) is 10.8. The largest absolute Gasteiger partial charge is 0.495 e. The molecule has 1 fully saturated rings. The average Bonchev–Trinajstić information content (AvgIpc) is 3.49. The van der Waals surface area contributed by atoms with Gasteiger partial charge in [0.25, 0.3) is 10.0 Å². The summed E-state index contributed by atoms with van der Waals surface area (Å²) in [7, 11) is -1.21. The number of thiazole rings is 1. The Labute approximate surface area is 202 Å². The Morgan fingerprint density at radius 1 is 1.15 bits per heavy atom. The lowest BCUT2D eigenvalue weighted by Gasteiger charge is -2.14. The van der Waals surface area contributed by atoms with E-state index in [1.165, 1.54) is 37.8 Å². The van der Waals surface area contributed by atoms with Crippen LogP contribution in [0.3, 0.4) is 0 Å². The van der Waals surface area contributed by atoms with E-state index in [4.69, 9.17) is 9.47 Å². The predicted octanol–water partition coefficient (Wildman–Crippen LogP) is 4.46. The molecule has 9 nitrogen and oxygen atoms in total. The Morgan fingerprint density at radius 3 is 2.62 bits per heavy atom. The van der Waals surface area contributed by atoms with Gasteiger partial charge in [-0.2, -0.15) is 0 Å². The molecule has 2 heterocycles. The summed E-state index contributed by atoms with van der Waals surface area (Å²) >= 11 is 1.31. The molecule has 1 aromatic carbocycles. The van der Waals surface area contributed by atoms with Crippen LogP contribution < -0.4 is 19.5 Å². The van der Waals surface area contributed by atoms with Crippen LogP contribution >= 0.6 is 11.3 Å². The lowest BCUT2D eigenvalue weighted by molar-refractivity contribution is -0.119. The van der Waals surface area contributed by atoms with Gasteiger partial charge < -0.3 is 14.8 Å². The zero-order valence-corrected chi connectivity index (χ0v) is 20.8. The van der Waals surface area contributed by atoms with Gasteiger partial charge in [0.1, 0.15) is 16.3 Å². The third-order valence-corrected chi connectivity index (χ3v) is 8.19. The van der Waals surface area contributed by atoms with Crippen molar-refractivity contribution in [3.8, 4) is 22.1 Å². The standard InChI is InChI=1S/C23H26N4O5S2/c1-14-20(33-23(25-14)26-21(28)15-7-4-5-8-15)16-10-11-18(31-2)19(13-16)34(29,30)27-17-9-6-12-24-22(17)32-3/h6,9-13,15,27H,4-5,7-8H2,1-3H3,(H,25,26,28). The fourth-order valence-corrected chi connectivity index (χ4v) is 6.19. The molecule has 2 aromatic heterocycles. The molecule has 1 amide bonds. The van der Waals surface area contributed by atoms with Crippen molar-refractivity contribution < 1.29 is 22.7 Å². The molecule has 34 heavy (non-hydrogen) atoms. The highest BCUT2D eigenvalue weighted by Gasteiger charge is 2.25. The number of carbonyl (C=O) groups excluding carboxylic acids is 1. The lowest BCUT2D eigenvalue weighted by Crippen LogP contribution is -2.20. The number of aromatic nitrogens is 2. The number of nitrogens with one attached hydrogen (secondary N) is 2. The van der Waals surface area contributed by atoms with E-state index in [0.717, 1.165) is 30.6 Å². The van der Waals surface area contributed by atoms with Crippen molar-refractivity contribution >= 4 is 38.1 Å². The molecule has 2 N–H and O–H groups in total. The second-order valence-corrected chi connectivity index (χ2v) is 10.6. The van der Waals surface area contributed by atoms with Gasteiger partial charge in [-0.15, -0.1) is 0 Å². The van der Waals surface area contributed by atoms with Crippen LogP contribution in [0.2, 0.25) is 0 Å². The zero-order valence-electron chi connectivity index (χ0n) is 19.1. The quantitative estimate of drug-likeness (QED) is 0.467. The molecule has 1 aliphatic carbocycles. The van der Waals surface area contributed by atoms with Crippen LogP contribution in [-0.4, -0.2) is 38.5 Å². The van der Waals surface area contributed by atoms with Crippen molar-refractivity contribution in [3.05, 3.63) is 42.2 Å². The van der Waals surface area contributed by atoms with Gasteiger partial charge in [0.05, 0.1) is 24.8 Å². The maximum atomic E-state index is 13.3. The molecule has 0 unspecified atom stereocenters. The Kier molecular flexibility index (Phi) is 7.03. The summed E-state index contributed by atoms with van der Waals surface area (Å²) in [5.41, 5.74) is 1.56. The van der Waals surface area contributed by atoms with Crippen LogP contribution in [0.4, 0.5) is 10.8 Å². The summed E-state index contributed by atoms with van der Waals surface area (Å²) in [6.45, 7) is 1.83. The second-order valence-electron chi connectivity index (χ2n) is 7.94. The highest BCUT2D eigenvalue weighted by atomic mass is 32.2. The fourth-order valence-electron chi connectivity index (χ4n) is 3.97. The van der Waals surface area contributed by atoms with Crippen molar-refractivity contribution in [1.82, 2.24) is 9.97 Å². The van der Waals surface area contributed by atoms with Crippen molar-refractivity contribution in [1.29, 1.82) is 0 Å². The molecule has 1 aliphatic rings. The average molecular weight is 503 g/mol. The smallest absolute Gasteiger partial charge is 0.265 e. The maximum Gasteiger partial charge on any atom is 0.265 e. The lowest BCUT2D eigenvalue weighted by atomic mass is 10.1. The molecule has 11 heteroatoms. The van der Waals surface area contributed by atoms with E-state index in [0.29, 0.717) is 16.4 Å². The second kappa shape index (κ2) is 9.98. The number of ether oxygens (including phenoxy) is 2. The highest BCUT2D eigenvalue weighted by Crippen LogP contribution is 2.38.